The molecule has 25 nitrogen and oxygen atoms in total. The topological polar surface area (TPSA) is 312 Å². The van der Waals surface area contributed by atoms with Gasteiger partial charge in [0.1, 0.15) is 35.2 Å². The monoisotopic (exact) mass is 1200 g/mol. The van der Waals surface area contributed by atoms with Crippen molar-refractivity contribution in [1.82, 2.24) is 46.6 Å². The van der Waals surface area contributed by atoms with Crippen LogP contribution in [-0.4, -0.2) is 182 Å². The van der Waals surface area contributed by atoms with Gasteiger partial charge in [-0.3, -0.25) is 43.9 Å². The largest absolute Gasteiger partial charge is 0.508 e. The average molecular weight is 1200 g/mol. The first-order valence-electron chi connectivity index (χ1n) is 29.6. The molecule has 2 aliphatic heterocycles. The van der Waals surface area contributed by atoms with E-state index in [2.05, 4.69) is 45.5 Å². The second kappa shape index (κ2) is 35.9. The third-order valence-corrected chi connectivity index (χ3v) is 15.9. The summed E-state index contributed by atoms with van der Waals surface area (Å²) in [5.41, 5.74) is 6.10. The first-order valence-corrected chi connectivity index (χ1v) is 30.5. The van der Waals surface area contributed by atoms with Crippen molar-refractivity contribution in [3.8, 4) is 5.75 Å². The molecule has 26 heteroatoms. The number of phenolic OH excluding ortho intramolecular Hbond substituents is 1. The molecule has 2 aromatic rings. The van der Waals surface area contributed by atoms with Crippen molar-refractivity contribution < 1.29 is 76.8 Å². The van der Waals surface area contributed by atoms with Crippen molar-refractivity contribution in [3.05, 3.63) is 45.4 Å². The zero-order valence-electron chi connectivity index (χ0n) is 49.9. The number of hydrazine groups is 1. The molecule has 0 spiro atoms. The first kappa shape index (κ1) is 68.5. The highest BCUT2D eigenvalue weighted by Gasteiger charge is 2.39. The quantitative estimate of drug-likeness (QED) is 0.0314. The summed E-state index contributed by atoms with van der Waals surface area (Å²) in [6.45, 7) is 15.3. The van der Waals surface area contributed by atoms with Gasteiger partial charge in [0.25, 0.3) is 17.7 Å². The number of aromatic nitrogens is 1. The number of hydrogen-bond donors (Lipinski definition) is 6. The van der Waals surface area contributed by atoms with E-state index >= 15 is 0 Å². The number of nitrogens with one attached hydrogen (secondary N) is 5. The number of aromatic hydroxyl groups is 1. The number of carbonyl (C=O) groups excluding carboxylic acids is 9. The van der Waals surface area contributed by atoms with Crippen molar-refractivity contribution >= 4 is 64.7 Å². The van der Waals surface area contributed by atoms with E-state index in [1.54, 1.807) is 11.4 Å². The zero-order chi connectivity index (χ0) is 61.1. The second-order valence-electron chi connectivity index (χ2n) is 21.8. The molecule has 0 radical (unpaired) electrons. The summed E-state index contributed by atoms with van der Waals surface area (Å²) >= 11 is 1.30. The van der Waals surface area contributed by atoms with Crippen molar-refractivity contribution in [1.29, 1.82) is 0 Å². The number of ether oxygens (including phenoxy) is 5. The van der Waals surface area contributed by atoms with Gasteiger partial charge >= 0.3 is 12.1 Å². The number of hydrogen-bond acceptors (Lipinski definition) is 19. The summed E-state index contributed by atoms with van der Waals surface area (Å²) in [5, 5.41) is 22.0. The van der Waals surface area contributed by atoms with Gasteiger partial charge in [0.05, 0.1) is 51.6 Å². The predicted octanol–water partition coefficient (Wildman–Crippen LogP) is 4.51. The molecule has 2 fully saturated rings. The lowest BCUT2D eigenvalue weighted by Gasteiger charge is -2.40. The number of fused-ring (bicyclic) bond motifs is 1. The third kappa shape index (κ3) is 21.6. The minimum absolute atomic E-state index is 0.00120. The number of piperidine rings is 1. The molecule has 1 aromatic heterocycles. The van der Waals surface area contributed by atoms with Gasteiger partial charge in [0.15, 0.2) is 0 Å². The summed E-state index contributed by atoms with van der Waals surface area (Å²) in [7, 11) is 1.96. The van der Waals surface area contributed by atoms with E-state index in [0.29, 0.717) is 54.5 Å². The van der Waals surface area contributed by atoms with Gasteiger partial charge in [0.2, 0.25) is 23.6 Å². The molecular weight excluding hydrogens is 1110 g/mol. The van der Waals surface area contributed by atoms with Gasteiger partial charge in [-0.1, -0.05) is 60.5 Å². The van der Waals surface area contributed by atoms with Crippen LogP contribution in [0.25, 0.3) is 0 Å². The first-order chi connectivity index (χ1) is 40.3. The van der Waals surface area contributed by atoms with Crippen molar-refractivity contribution in [2.24, 2.45) is 11.8 Å². The summed E-state index contributed by atoms with van der Waals surface area (Å²) in [4.78, 5) is 129. The molecule has 2 saturated heterocycles. The Labute approximate surface area is 496 Å². The Morgan fingerprint density at radius 2 is 1.56 bits per heavy atom. The third-order valence-electron chi connectivity index (χ3n) is 15.0. The lowest BCUT2D eigenvalue weighted by Crippen LogP contribution is -2.58. The van der Waals surface area contributed by atoms with Gasteiger partial charge in [-0.15, -0.1) is 16.4 Å². The van der Waals surface area contributed by atoms with Crippen LogP contribution in [0, 0.1) is 11.8 Å². The molecule has 6 N–H and O–H groups in total. The molecule has 468 valence electrons. The smallest absolute Gasteiger partial charge is 0.426 e. The normalized spacial score (nSPS) is 18.5. The van der Waals surface area contributed by atoms with Crippen LogP contribution in [0.4, 0.5) is 4.79 Å². The number of likely N-dealkylation sites (tertiary alicyclic amines) is 1. The molecule has 8 amide bonds. The number of nitrogens with zero attached hydrogens (tertiary/aromatic N) is 4. The molecule has 0 bridgehead atoms. The average Bonchev–Trinajstić information content (AvgIpc) is 2.82. The van der Waals surface area contributed by atoms with Crippen LogP contribution >= 0.6 is 11.3 Å². The maximum Gasteiger partial charge on any atom is 0.426 e. The number of thiazole rings is 1. The summed E-state index contributed by atoms with van der Waals surface area (Å²) in [6, 6.07) is 2.91. The van der Waals surface area contributed by atoms with E-state index in [1.807, 2.05) is 39.6 Å². The van der Waals surface area contributed by atoms with E-state index in [1.165, 1.54) is 23.5 Å². The molecule has 7 atom stereocenters. The minimum Gasteiger partial charge on any atom is -0.508 e. The lowest BCUT2D eigenvalue weighted by atomic mass is 9.79. The van der Waals surface area contributed by atoms with Crippen LogP contribution in [0.1, 0.15) is 164 Å². The molecule has 5 rings (SSSR count). The lowest BCUT2D eigenvalue weighted by molar-refractivity contribution is -0.197. The summed E-state index contributed by atoms with van der Waals surface area (Å²) in [5.74, 6) is -4.50. The number of benzene rings is 1. The van der Waals surface area contributed by atoms with Crippen LogP contribution in [0.3, 0.4) is 0 Å². The molecule has 0 saturated carbocycles. The van der Waals surface area contributed by atoms with Crippen molar-refractivity contribution in [2.75, 3.05) is 79.5 Å². The second-order valence-corrected chi connectivity index (χ2v) is 22.6. The molecular formula is C58H89N9O16S. The molecule has 1 aliphatic carbocycles. The number of rotatable bonds is 35. The minimum atomic E-state index is -0.935. The maximum atomic E-state index is 14.8. The molecule has 0 unspecified atom stereocenters. The fourth-order valence-corrected chi connectivity index (χ4v) is 11.1. The van der Waals surface area contributed by atoms with E-state index in [9.17, 15) is 48.3 Å². The Bertz CT molecular complexity index is 2480. The number of hydroxylamine groups is 2. The van der Waals surface area contributed by atoms with E-state index in [-0.39, 0.29) is 144 Å². The summed E-state index contributed by atoms with van der Waals surface area (Å²) in [6.07, 6.45) is 4.43. The zero-order valence-corrected chi connectivity index (χ0v) is 50.7. The number of carbonyl (C=O) groups is 9. The van der Waals surface area contributed by atoms with Crippen molar-refractivity contribution in [3.63, 3.8) is 0 Å². The highest BCUT2D eigenvalue weighted by molar-refractivity contribution is 7.09. The summed E-state index contributed by atoms with van der Waals surface area (Å²) < 4.78 is 28.0. The Morgan fingerprint density at radius 3 is 2.23 bits per heavy atom. The Balaban J connectivity index is 1.03. The van der Waals surface area contributed by atoms with Gasteiger partial charge in [-0.25, -0.2) is 20.0 Å². The highest BCUT2D eigenvalue weighted by atomic mass is 32.1. The van der Waals surface area contributed by atoms with E-state index in [4.69, 9.17) is 33.5 Å². The molecule has 1 aromatic carbocycles. The predicted molar refractivity (Wildman–Crippen MR) is 308 cm³/mol. The fraction of sp³-hybridized carbons (Fsp3) is 0.690. The van der Waals surface area contributed by atoms with Crippen LogP contribution < -0.4 is 26.8 Å². The number of amides is 8. The van der Waals surface area contributed by atoms with Crippen LogP contribution in [-0.2, 0) is 68.5 Å². The maximum absolute atomic E-state index is 14.8. The van der Waals surface area contributed by atoms with Gasteiger partial charge in [-0.05, 0) is 93.6 Å². The van der Waals surface area contributed by atoms with Crippen LogP contribution in [0.2, 0.25) is 0 Å². The number of imide groups is 1. The fourth-order valence-electron chi connectivity index (χ4n) is 10.2. The molecule has 84 heavy (non-hydrogen) atoms. The van der Waals surface area contributed by atoms with Crippen molar-refractivity contribution in [2.45, 2.75) is 168 Å². The highest BCUT2D eigenvalue weighted by Crippen LogP contribution is 2.36. The SMILES string of the molecule is CCCO[C@H](C[C@H](C(C)C)N(CCC)C(=O)[C@@H](NC(=O)[C@H]1CCCCN1C)[C@@H](C)CC)c1nc(C(=O)N[C@H]2Cc3ccc(O)cc3[C@H](C(=O)NNC(=O)OCCOCCOCCOCCNC(=O)CCCC(=O)ON3C(=O)CCC3=O)C2)cs1. The number of likely N-dealkylation sites (N-methyl/N-ethyl adjacent to an activating group) is 1. The Kier molecular flexibility index (Phi) is 29.2. The number of phenols is 1. The Hall–Kier alpha value is -6.32. The van der Waals surface area contributed by atoms with E-state index in [0.717, 1.165) is 37.8 Å². The Morgan fingerprint density at radius 1 is 0.857 bits per heavy atom. The van der Waals surface area contributed by atoms with E-state index < -0.39 is 59.8 Å². The van der Waals surface area contributed by atoms with Crippen LogP contribution in [0.5, 0.6) is 5.75 Å². The standard InChI is InChI=1S/C58H89N9O16S/c1-8-22-66(57(76)52(38(6)10-3)62-55(75)45-14-11-12-23-65(45)7)46(37(4)5)35-47(81-24-9-2)56-61-44(36-84-56)54(74)60-40-32-39-17-18-41(68)34-42(39)43(33-40)53(73)63-64-58(77)82-31-30-80-29-28-79-27-26-78-25-21-59-48(69)15-13-16-51(72)83-67-49(70)19-20-50(67)71/h17-18,34,36-38,40,43,45-47,52,68H,8-16,19-33,35H2,1-7H3,(H,59,69)(H,60,74)(H,62,75)(H,63,73)(H,64,77)/t38-,40-,43+,45+,46+,47+,52-/m0/s1. The van der Waals surface area contributed by atoms with Crippen LogP contribution in [0.15, 0.2) is 23.6 Å². The van der Waals surface area contributed by atoms with Gasteiger partial charge in [0, 0.05) is 69.3 Å². The van der Waals surface area contributed by atoms with Gasteiger partial charge < -0.3 is 54.5 Å². The van der Waals surface area contributed by atoms with Gasteiger partial charge in [-0.2, -0.15) is 0 Å². The molecule has 3 heterocycles. The molecule has 3 aliphatic rings.